The third kappa shape index (κ3) is 2.73. The van der Waals surface area contributed by atoms with Crippen LogP contribution in [0.1, 0.15) is 13.8 Å². The number of sulfonamides is 1. The summed E-state index contributed by atoms with van der Waals surface area (Å²) in [4.78, 5) is 17.6. The van der Waals surface area contributed by atoms with Gasteiger partial charge in [0, 0.05) is 18.8 Å². The minimum atomic E-state index is -3.70. The predicted molar refractivity (Wildman–Crippen MR) is 78.0 cm³/mol. The lowest BCUT2D eigenvalue weighted by atomic mass is 10.2. The third-order valence-corrected chi connectivity index (χ3v) is 5.06. The zero-order valence-corrected chi connectivity index (χ0v) is 13.1. The fourth-order valence-corrected chi connectivity index (χ4v) is 3.93. The largest absolute Gasteiger partial charge is 0.470 e. The standard InChI is InChI=1S/C13H18N4O4S/c1-8(2)15-13(18)17-6-9-10(7-17)21-12-11(4-3-5-14-12)22(19,20)16-9/h3-5,8-10,16H,6-7H2,1-2H3,(H,15,18). The number of nitrogens with zero attached hydrogens (tertiary/aromatic N) is 2. The van der Waals surface area contributed by atoms with Crippen LogP contribution in [0.25, 0.3) is 0 Å². The first kappa shape index (κ1) is 15.0. The number of hydrogen-bond acceptors (Lipinski definition) is 5. The summed E-state index contributed by atoms with van der Waals surface area (Å²) in [5, 5.41) is 2.79. The van der Waals surface area contributed by atoms with E-state index in [2.05, 4.69) is 15.0 Å². The number of fused-ring (bicyclic) bond motifs is 2. The average Bonchev–Trinajstić information content (AvgIpc) is 2.76. The topological polar surface area (TPSA) is 101 Å². The number of nitrogens with one attached hydrogen (secondary N) is 2. The fraction of sp³-hybridized carbons (Fsp3) is 0.538. The first-order valence-electron chi connectivity index (χ1n) is 7.06. The lowest BCUT2D eigenvalue weighted by Crippen LogP contribution is -2.44. The van der Waals surface area contributed by atoms with Crippen molar-refractivity contribution in [1.82, 2.24) is 19.9 Å². The average molecular weight is 326 g/mol. The lowest BCUT2D eigenvalue weighted by molar-refractivity contribution is 0.173. The van der Waals surface area contributed by atoms with Crippen molar-refractivity contribution in [2.24, 2.45) is 0 Å². The van der Waals surface area contributed by atoms with E-state index in [0.717, 1.165) is 0 Å². The highest BCUT2D eigenvalue weighted by molar-refractivity contribution is 7.89. The molecule has 3 rings (SSSR count). The van der Waals surface area contributed by atoms with Crippen molar-refractivity contribution in [3.05, 3.63) is 18.3 Å². The summed E-state index contributed by atoms with van der Waals surface area (Å²) in [5.74, 6) is 0.0774. The summed E-state index contributed by atoms with van der Waals surface area (Å²) in [6.07, 6.45) is 1.02. The number of carbonyl (C=O) groups excluding carboxylic acids is 1. The number of pyridine rings is 1. The maximum absolute atomic E-state index is 12.3. The molecule has 9 heteroatoms. The molecule has 0 saturated carbocycles. The van der Waals surface area contributed by atoms with Crippen LogP contribution >= 0.6 is 0 Å². The second-order valence-corrected chi connectivity index (χ2v) is 7.38. The highest BCUT2D eigenvalue weighted by Crippen LogP contribution is 2.28. The molecule has 120 valence electrons. The smallest absolute Gasteiger partial charge is 0.317 e. The van der Waals surface area contributed by atoms with Crippen LogP contribution in [0.4, 0.5) is 4.79 Å². The molecule has 22 heavy (non-hydrogen) atoms. The van der Waals surface area contributed by atoms with Gasteiger partial charge in [0.15, 0.2) is 0 Å². The summed E-state index contributed by atoms with van der Waals surface area (Å²) in [6.45, 7) is 4.30. The maximum Gasteiger partial charge on any atom is 0.317 e. The van der Waals surface area contributed by atoms with Gasteiger partial charge in [0.2, 0.25) is 15.9 Å². The van der Waals surface area contributed by atoms with E-state index in [-0.39, 0.29) is 29.4 Å². The normalized spacial score (nSPS) is 25.9. The van der Waals surface area contributed by atoms with Crippen LogP contribution in [0.15, 0.2) is 23.2 Å². The monoisotopic (exact) mass is 326 g/mol. The van der Waals surface area contributed by atoms with Gasteiger partial charge in [-0.05, 0) is 26.0 Å². The van der Waals surface area contributed by atoms with Crippen molar-refractivity contribution >= 4 is 16.1 Å². The predicted octanol–water partition coefficient (Wildman–Crippen LogP) is -0.0769. The molecule has 0 bridgehead atoms. The molecule has 0 radical (unpaired) electrons. The van der Waals surface area contributed by atoms with Gasteiger partial charge in [-0.25, -0.2) is 22.9 Å². The zero-order chi connectivity index (χ0) is 15.9. The van der Waals surface area contributed by atoms with Gasteiger partial charge < -0.3 is 15.0 Å². The number of urea groups is 1. The Labute approximate surface area is 128 Å². The molecule has 2 aliphatic rings. The number of carbonyl (C=O) groups is 1. The van der Waals surface area contributed by atoms with E-state index in [9.17, 15) is 13.2 Å². The molecule has 2 unspecified atom stereocenters. The Hall–Kier alpha value is -1.87. The van der Waals surface area contributed by atoms with Gasteiger partial charge >= 0.3 is 6.03 Å². The molecule has 0 aliphatic carbocycles. The van der Waals surface area contributed by atoms with Crippen LogP contribution in [0.5, 0.6) is 5.88 Å². The summed E-state index contributed by atoms with van der Waals surface area (Å²) >= 11 is 0. The van der Waals surface area contributed by atoms with Crippen molar-refractivity contribution in [2.75, 3.05) is 13.1 Å². The first-order valence-corrected chi connectivity index (χ1v) is 8.54. The third-order valence-electron chi connectivity index (χ3n) is 3.56. The summed E-state index contributed by atoms with van der Waals surface area (Å²) in [6, 6.07) is 2.29. The van der Waals surface area contributed by atoms with Crippen LogP contribution < -0.4 is 14.8 Å². The molecule has 1 aromatic rings. The maximum atomic E-state index is 12.3. The molecule has 2 atom stereocenters. The van der Waals surface area contributed by atoms with Crippen LogP contribution in [-0.4, -0.2) is 55.6 Å². The Kier molecular flexibility index (Phi) is 3.69. The van der Waals surface area contributed by atoms with Gasteiger partial charge in [0.25, 0.3) is 0 Å². The van der Waals surface area contributed by atoms with Gasteiger partial charge in [0.05, 0.1) is 12.6 Å². The van der Waals surface area contributed by atoms with Gasteiger partial charge in [-0.3, -0.25) is 0 Å². The summed E-state index contributed by atoms with van der Waals surface area (Å²) in [7, 11) is -3.70. The highest BCUT2D eigenvalue weighted by Gasteiger charge is 2.43. The van der Waals surface area contributed by atoms with E-state index < -0.39 is 22.2 Å². The molecular weight excluding hydrogens is 308 g/mol. The first-order chi connectivity index (χ1) is 10.4. The van der Waals surface area contributed by atoms with Crippen LogP contribution in [0.3, 0.4) is 0 Å². The Morgan fingerprint density at radius 2 is 2.27 bits per heavy atom. The number of amides is 2. The Morgan fingerprint density at radius 3 is 3.00 bits per heavy atom. The van der Waals surface area contributed by atoms with Crippen LogP contribution in [0.2, 0.25) is 0 Å². The number of ether oxygens (including phenoxy) is 1. The van der Waals surface area contributed by atoms with Crippen molar-refractivity contribution in [1.29, 1.82) is 0 Å². The van der Waals surface area contributed by atoms with Gasteiger partial charge in [-0.15, -0.1) is 0 Å². The number of hydrogen-bond donors (Lipinski definition) is 2. The molecule has 0 spiro atoms. The highest BCUT2D eigenvalue weighted by atomic mass is 32.2. The Bertz CT molecular complexity index is 691. The molecule has 8 nitrogen and oxygen atoms in total. The minimum absolute atomic E-state index is 0.0120. The van der Waals surface area contributed by atoms with Crippen molar-refractivity contribution < 1.29 is 17.9 Å². The molecule has 2 aliphatic heterocycles. The molecule has 3 heterocycles. The second kappa shape index (κ2) is 5.40. The minimum Gasteiger partial charge on any atom is -0.470 e. The van der Waals surface area contributed by atoms with E-state index in [0.29, 0.717) is 6.54 Å². The number of aromatic nitrogens is 1. The van der Waals surface area contributed by atoms with Crippen molar-refractivity contribution in [2.45, 2.75) is 36.9 Å². The molecule has 2 amide bonds. The zero-order valence-electron chi connectivity index (χ0n) is 12.3. The molecule has 1 saturated heterocycles. The molecule has 1 fully saturated rings. The van der Waals surface area contributed by atoms with E-state index in [1.54, 1.807) is 11.0 Å². The van der Waals surface area contributed by atoms with E-state index in [1.807, 2.05) is 13.8 Å². The quantitative estimate of drug-likeness (QED) is 0.752. The molecular formula is C13H18N4O4S. The fourth-order valence-electron chi connectivity index (χ4n) is 2.59. The van der Waals surface area contributed by atoms with Crippen LogP contribution in [-0.2, 0) is 10.0 Å². The molecule has 0 aromatic carbocycles. The van der Waals surface area contributed by atoms with E-state index >= 15 is 0 Å². The Balaban J connectivity index is 1.84. The molecule has 1 aromatic heterocycles. The van der Waals surface area contributed by atoms with Crippen LogP contribution in [0, 0.1) is 0 Å². The number of likely N-dealkylation sites (tertiary alicyclic amines) is 1. The van der Waals surface area contributed by atoms with E-state index in [4.69, 9.17) is 4.74 Å². The number of rotatable bonds is 1. The Morgan fingerprint density at radius 1 is 1.50 bits per heavy atom. The van der Waals surface area contributed by atoms with Gasteiger partial charge in [-0.1, -0.05) is 0 Å². The summed E-state index contributed by atoms with van der Waals surface area (Å²) in [5.41, 5.74) is 0. The van der Waals surface area contributed by atoms with Gasteiger partial charge in [-0.2, -0.15) is 0 Å². The molecule has 2 N–H and O–H groups in total. The lowest BCUT2D eigenvalue weighted by Gasteiger charge is -2.19. The van der Waals surface area contributed by atoms with Crippen molar-refractivity contribution in [3.63, 3.8) is 0 Å². The van der Waals surface area contributed by atoms with Crippen molar-refractivity contribution in [3.8, 4) is 5.88 Å². The van der Waals surface area contributed by atoms with Gasteiger partial charge in [0.1, 0.15) is 11.0 Å². The SMILES string of the molecule is CC(C)NC(=O)N1CC2NS(=O)(=O)c3cccnc3OC2C1. The second-order valence-electron chi connectivity index (χ2n) is 5.70. The van der Waals surface area contributed by atoms with E-state index in [1.165, 1.54) is 12.3 Å². The summed E-state index contributed by atoms with van der Waals surface area (Å²) < 4.78 is 33.0.